The number of aromatic amines is 1. The maximum atomic E-state index is 12.5. The fraction of sp³-hybridized carbons (Fsp3) is 0.688. The van der Waals surface area contributed by atoms with E-state index in [1.807, 2.05) is 13.8 Å². The Hall–Kier alpha value is -2.05. The minimum atomic E-state index is -0.504. The Balaban J connectivity index is 2.10. The third kappa shape index (κ3) is 4.46. The second-order valence-electron chi connectivity index (χ2n) is 6.59. The number of hydrogen-bond acceptors (Lipinski definition) is 4. The van der Waals surface area contributed by atoms with Crippen LogP contribution in [0.25, 0.3) is 0 Å². The maximum absolute atomic E-state index is 12.5. The Morgan fingerprint density at radius 2 is 1.91 bits per heavy atom. The Kier molecular flexibility index (Phi) is 5.63. The van der Waals surface area contributed by atoms with Crippen LogP contribution in [-0.4, -0.2) is 27.5 Å². The van der Waals surface area contributed by atoms with E-state index in [2.05, 4.69) is 15.6 Å². The number of anilines is 1. The monoisotopic (exact) mass is 322 g/mol. The van der Waals surface area contributed by atoms with Crippen LogP contribution in [0.3, 0.4) is 0 Å². The standard InChI is InChI=1S/C16H26N4O3/c1-10(2)14(15(22)17-11-7-5-4-6-8-11)18-12-9-13(21)20(3)16(23)19-12/h9-11,14,18H,4-8H2,1-3H3,(H,17,22)(H,19,23)/t14-/m0/s1. The highest BCUT2D eigenvalue weighted by Crippen LogP contribution is 2.18. The lowest BCUT2D eigenvalue weighted by molar-refractivity contribution is -0.123. The molecular formula is C16H26N4O3. The van der Waals surface area contributed by atoms with E-state index in [1.54, 1.807) is 0 Å². The van der Waals surface area contributed by atoms with Gasteiger partial charge in [-0.2, -0.15) is 0 Å². The molecule has 1 aliphatic carbocycles. The molecule has 1 aromatic heterocycles. The van der Waals surface area contributed by atoms with Crippen molar-refractivity contribution in [1.82, 2.24) is 14.9 Å². The number of H-pyrrole nitrogens is 1. The number of nitrogens with one attached hydrogen (secondary N) is 3. The summed E-state index contributed by atoms with van der Waals surface area (Å²) in [5.41, 5.74) is -0.915. The summed E-state index contributed by atoms with van der Waals surface area (Å²) in [6, 6.07) is 1.02. The fourth-order valence-corrected chi connectivity index (χ4v) is 2.87. The van der Waals surface area contributed by atoms with Crippen LogP contribution in [0.1, 0.15) is 46.0 Å². The number of carbonyl (C=O) groups excluding carboxylic acids is 1. The summed E-state index contributed by atoms with van der Waals surface area (Å²) in [5.74, 6) is 0.204. The Labute approximate surface area is 135 Å². The first-order valence-electron chi connectivity index (χ1n) is 8.25. The van der Waals surface area contributed by atoms with E-state index in [4.69, 9.17) is 0 Å². The van der Waals surface area contributed by atoms with E-state index in [1.165, 1.54) is 19.5 Å². The summed E-state index contributed by atoms with van der Waals surface area (Å²) in [4.78, 5) is 38.5. The summed E-state index contributed by atoms with van der Waals surface area (Å²) >= 11 is 0. The van der Waals surface area contributed by atoms with Crippen molar-refractivity contribution in [3.63, 3.8) is 0 Å². The number of hydrogen-bond donors (Lipinski definition) is 3. The zero-order chi connectivity index (χ0) is 17.0. The molecule has 1 heterocycles. The molecule has 1 aromatic rings. The summed E-state index contributed by atoms with van der Waals surface area (Å²) in [5, 5.41) is 6.08. The predicted molar refractivity (Wildman–Crippen MR) is 89.6 cm³/mol. The van der Waals surface area contributed by atoms with Gasteiger partial charge in [0.2, 0.25) is 5.91 Å². The van der Waals surface area contributed by atoms with E-state index in [9.17, 15) is 14.4 Å². The maximum Gasteiger partial charge on any atom is 0.329 e. The first kappa shape index (κ1) is 17.3. The second-order valence-corrected chi connectivity index (χ2v) is 6.59. The van der Waals surface area contributed by atoms with Gasteiger partial charge in [0, 0.05) is 19.2 Å². The lowest BCUT2D eigenvalue weighted by Gasteiger charge is -2.28. The molecule has 128 valence electrons. The summed E-state index contributed by atoms with van der Waals surface area (Å²) in [7, 11) is 1.40. The van der Waals surface area contributed by atoms with Gasteiger partial charge in [0.15, 0.2) is 0 Å². The molecule has 1 aliphatic rings. The Morgan fingerprint density at radius 3 is 2.48 bits per heavy atom. The van der Waals surface area contributed by atoms with Crippen LogP contribution in [0.2, 0.25) is 0 Å². The lowest BCUT2D eigenvalue weighted by atomic mass is 9.94. The number of aromatic nitrogens is 2. The number of rotatable bonds is 5. The molecule has 0 radical (unpaired) electrons. The normalized spacial score (nSPS) is 17.0. The van der Waals surface area contributed by atoms with Crippen molar-refractivity contribution >= 4 is 11.7 Å². The molecule has 0 unspecified atom stereocenters. The van der Waals surface area contributed by atoms with Crippen molar-refractivity contribution < 1.29 is 4.79 Å². The highest BCUT2D eigenvalue weighted by atomic mass is 16.2. The Morgan fingerprint density at radius 1 is 1.26 bits per heavy atom. The molecule has 0 aliphatic heterocycles. The van der Waals surface area contributed by atoms with Gasteiger partial charge in [0.25, 0.3) is 5.56 Å². The van der Waals surface area contributed by atoms with Crippen molar-refractivity contribution in [2.45, 2.75) is 58.0 Å². The van der Waals surface area contributed by atoms with E-state index in [-0.39, 0.29) is 23.7 Å². The second kappa shape index (κ2) is 7.48. The number of carbonyl (C=O) groups is 1. The molecule has 1 amide bonds. The van der Waals surface area contributed by atoms with Crippen LogP contribution in [0.15, 0.2) is 15.7 Å². The third-order valence-corrected chi connectivity index (χ3v) is 4.36. The van der Waals surface area contributed by atoms with Crippen LogP contribution in [0, 0.1) is 5.92 Å². The van der Waals surface area contributed by atoms with E-state index >= 15 is 0 Å². The van der Waals surface area contributed by atoms with Gasteiger partial charge >= 0.3 is 5.69 Å². The molecule has 23 heavy (non-hydrogen) atoms. The van der Waals surface area contributed by atoms with Crippen molar-refractivity contribution in [2.24, 2.45) is 13.0 Å². The van der Waals surface area contributed by atoms with Gasteiger partial charge in [-0.05, 0) is 18.8 Å². The molecule has 0 bridgehead atoms. The minimum absolute atomic E-state index is 0.0196. The molecule has 1 saturated carbocycles. The summed E-state index contributed by atoms with van der Waals surface area (Å²) < 4.78 is 0.984. The zero-order valence-electron chi connectivity index (χ0n) is 14.0. The third-order valence-electron chi connectivity index (χ3n) is 4.36. The molecule has 0 saturated heterocycles. The number of amides is 1. The molecule has 7 heteroatoms. The molecule has 0 spiro atoms. The van der Waals surface area contributed by atoms with Crippen molar-refractivity contribution in [3.8, 4) is 0 Å². The van der Waals surface area contributed by atoms with Crippen LogP contribution < -0.4 is 21.9 Å². The molecular weight excluding hydrogens is 296 g/mol. The van der Waals surface area contributed by atoms with Crippen LogP contribution in [0.5, 0.6) is 0 Å². The lowest BCUT2D eigenvalue weighted by Crippen LogP contribution is -2.48. The summed E-state index contributed by atoms with van der Waals surface area (Å²) in [6.07, 6.45) is 5.55. The van der Waals surface area contributed by atoms with Gasteiger partial charge in [-0.1, -0.05) is 33.1 Å². The smallest absolute Gasteiger partial charge is 0.329 e. The van der Waals surface area contributed by atoms with Gasteiger partial charge in [0.05, 0.1) is 0 Å². The first-order chi connectivity index (χ1) is 10.9. The minimum Gasteiger partial charge on any atom is -0.359 e. The zero-order valence-corrected chi connectivity index (χ0v) is 14.0. The average molecular weight is 322 g/mol. The van der Waals surface area contributed by atoms with E-state index in [0.29, 0.717) is 0 Å². The van der Waals surface area contributed by atoms with Crippen LogP contribution in [-0.2, 0) is 11.8 Å². The van der Waals surface area contributed by atoms with Crippen molar-refractivity contribution in [1.29, 1.82) is 0 Å². The van der Waals surface area contributed by atoms with Crippen LogP contribution >= 0.6 is 0 Å². The molecule has 0 aromatic carbocycles. The van der Waals surface area contributed by atoms with E-state index in [0.717, 1.165) is 30.3 Å². The topological polar surface area (TPSA) is 96.0 Å². The van der Waals surface area contributed by atoms with Gasteiger partial charge in [0.1, 0.15) is 11.9 Å². The highest BCUT2D eigenvalue weighted by Gasteiger charge is 2.25. The van der Waals surface area contributed by atoms with Crippen molar-refractivity contribution in [2.75, 3.05) is 5.32 Å². The summed E-state index contributed by atoms with van der Waals surface area (Å²) in [6.45, 7) is 3.86. The van der Waals surface area contributed by atoms with Gasteiger partial charge in [-0.25, -0.2) is 4.79 Å². The van der Waals surface area contributed by atoms with Crippen LogP contribution in [0.4, 0.5) is 5.82 Å². The number of nitrogens with zero attached hydrogens (tertiary/aromatic N) is 1. The van der Waals surface area contributed by atoms with E-state index < -0.39 is 17.3 Å². The molecule has 7 nitrogen and oxygen atoms in total. The molecule has 1 fully saturated rings. The van der Waals surface area contributed by atoms with Gasteiger partial charge in [-0.3, -0.25) is 19.1 Å². The first-order valence-corrected chi connectivity index (χ1v) is 8.25. The SMILES string of the molecule is CC(C)[C@H](Nc1cc(=O)n(C)c(=O)[nH]1)C(=O)NC1CCCCC1. The molecule has 1 atom stereocenters. The largest absolute Gasteiger partial charge is 0.359 e. The quantitative estimate of drug-likeness (QED) is 0.752. The average Bonchev–Trinajstić information content (AvgIpc) is 2.50. The van der Waals surface area contributed by atoms with Gasteiger partial charge in [-0.15, -0.1) is 0 Å². The highest BCUT2D eigenvalue weighted by molar-refractivity contribution is 5.84. The van der Waals surface area contributed by atoms with Crippen molar-refractivity contribution in [3.05, 3.63) is 26.9 Å². The fourth-order valence-electron chi connectivity index (χ4n) is 2.87. The van der Waals surface area contributed by atoms with Gasteiger partial charge < -0.3 is 10.6 Å². The molecule has 3 N–H and O–H groups in total. The Bertz CT molecular complexity index is 625. The predicted octanol–water partition coefficient (Wildman–Crippen LogP) is 0.959. The molecule has 2 rings (SSSR count).